The van der Waals surface area contributed by atoms with Crippen molar-refractivity contribution >= 4 is 27.5 Å². The van der Waals surface area contributed by atoms with Gasteiger partial charge in [0.25, 0.3) is 0 Å². The highest BCUT2D eigenvalue weighted by molar-refractivity contribution is 7.98. The molecule has 0 aliphatic carbocycles. The molecule has 0 unspecified atom stereocenters. The summed E-state index contributed by atoms with van der Waals surface area (Å²) in [6.45, 7) is 1.36. The van der Waals surface area contributed by atoms with Gasteiger partial charge in [0.1, 0.15) is 0 Å². The van der Waals surface area contributed by atoms with Gasteiger partial charge in [0.15, 0.2) is 0 Å². The molecule has 0 saturated heterocycles. The second-order valence-corrected chi connectivity index (χ2v) is 6.64. The third-order valence-electron chi connectivity index (χ3n) is 2.70. The van der Waals surface area contributed by atoms with E-state index in [0.29, 0.717) is 11.4 Å². The summed E-state index contributed by atoms with van der Waals surface area (Å²) in [5.74, 6) is 0.783. The molecule has 1 aliphatic heterocycles. The molecule has 0 radical (unpaired) electrons. The molecule has 0 amide bonds. The van der Waals surface area contributed by atoms with Gasteiger partial charge in [-0.1, -0.05) is 0 Å². The molecule has 1 heterocycles. The molecule has 6 heteroatoms. The predicted octanol–water partition coefficient (Wildman–Crippen LogP) is 1.30. The Morgan fingerprint density at radius 2 is 2.29 bits per heavy atom. The molecule has 0 aromatic heterocycles. The average molecular weight is 272 g/mol. The zero-order chi connectivity index (χ0) is 12.3. The van der Waals surface area contributed by atoms with E-state index >= 15 is 0 Å². The molecule has 0 saturated carbocycles. The Kier molecular flexibility index (Phi) is 3.96. The number of sulfonamides is 1. The third kappa shape index (κ3) is 2.94. The van der Waals surface area contributed by atoms with Gasteiger partial charge in [-0.2, -0.15) is 11.8 Å². The Labute approximate surface area is 106 Å². The van der Waals surface area contributed by atoms with Crippen LogP contribution < -0.4 is 10.0 Å². The van der Waals surface area contributed by atoms with E-state index in [1.165, 1.54) is 0 Å². The van der Waals surface area contributed by atoms with Crippen molar-refractivity contribution in [1.82, 2.24) is 4.72 Å². The Morgan fingerprint density at radius 1 is 1.47 bits per heavy atom. The van der Waals surface area contributed by atoms with Crippen molar-refractivity contribution in [3.05, 3.63) is 23.8 Å². The lowest BCUT2D eigenvalue weighted by atomic mass is 10.2. The number of thioether (sulfide) groups is 1. The van der Waals surface area contributed by atoms with E-state index in [1.54, 1.807) is 23.9 Å². The number of hydrogen-bond acceptors (Lipinski definition) is 4. The lowest BCUT2D eigenvalue weighted by molar-refractivity contribution is 0.584. The molecule has 0 fully saturated rings. The molecule has 0 atom stereocenters. The van der Waals surface area contributed by atoms with E-state index in [1.807, 2.05) is 12.3 Å². The van der Waals surface area contributed by atoms with E-state index in [0.717, 1.165) is 30.0 Å². The predicted molar refractivity (Wildman–Crippen MR) is 72.2 cm³/mol. The van der Waals surface area contributed by atoms with Gasteiger partial charge in [-0.05, 0) is 36.4 Å². The largest absolute Gasteiger partial charge is 0.384 e. The number of hydrogen-bond donors (Lipinski definition) is 2. The second kappa shape index (κ2) is 5.29. The fraction of sp³-hybridized carbons (Fsp3) is 0.455. The van der Waals surface area contributed by atoms with Gasteiger partial charge in [-0.25, -0.2) is 13.1 Å². The van der Waals surface area contributed by atoms with Crippen LogP contribution in [-0.4, -0.2) is 33.5 Å². The van der Waals surface area contributed by atoms with Crippen LogP contribution in [0, 0.1) is 0 Å². The van der Waals surface area contributed by atoms with E-state index in [4.69, 9.17) is 0 Å². The van der Waals surface area contributed by atoms with Crippen molar-refractivity contribution in [2.24, 2.45) is 0 Å². The highest BCUT2D eigenvalue weighted by atomic mass is 32.2. The molecule has 1 aromatic carbocycles. The van der Waals surface area contributed by atoms with Crippen molar-refractivity contribution < 1.29 is 8.42 Å². The maximum absolute atomic E-state index is 12.0. The average Bonchev–Trinajstić information content (AvgIpc) is 2.76. The smallest absolute Gasteiger partial charge is 0.240 e. The van der Waals surface area contributed by atoms with Crippen LogP contribution in [-0.2, 0) is 16.4 Å². The maximum Gasteiger partial charge on any atom is 0.240 e. The van der Waals surface area contributed by atoms with Gasteiger partial charge in [-0.3, -0.25) is 0 Å². The monoisotopic (exact) mass is 272 g/mol. The van der Waals surface area contributed by atoms with Crippen LogP contribution in [0.4, 0.5) is 5.69 Å². The highest BCUT2D eigenvalue weighted by Gasteiger charge is 2.17. The van der Waals surface area contributed by atoms with Crippen LogP contribution in [0.2, 0.25) is 0 Å². The first-order valence-corrected chi connectivity index (χ1v) is 8.36. The molecular weight excluding hydrogens is 256 g/mol. The van der Waals surface area contributed by atoms with Crippen LogP contribution in [0.15, 0.2) is 23.1 Å². The van der Waals surface area contributed by atoms with Crippen LogP contribution in [0.5, 0.6) is 0 Å². The number of benzene rings is 1. The zero-order valence-electron chi connectivity index (χ0n) is 9.69. The van der Waals surface area contributed by atoms with Crippen LogP contribution in [0.25, 0.3) is 0 Å². The minimum atomic E-state index is -3.35. The van der Waals surface area contributed by atoms with E-state index in [2.05, 4.69) is 10.0 Å². The van der Waals surface area contributed by atoms with Crippen LogP contribution in [0.3, 0.4) is 0 Å². The molecule has 2 N–H and O–H groups in total. The molecule has 94 valence electrons. The quantitative estimate of drug-likeness (QED) is 0.793. The maximum atomic E-state index is 12.0. The Balaban J connectivity index is 2.16. The minimum Gasteiger partial charge on any atom is -0.384 e. The van der Waals surface area contributed by atoms with E-state index in [-0.39, 0.29) is 0 Å². The fourth-order valence-electron chi connectivity index (χ4n) is 1.81. The standard InChI is InChI=1S/C11H16N2O2S2/c1-16-7-6-13-17(14,15)10-2-3-11-9(8-10)4-5-12-11/h2-3,8,12-13H,4-7H2,1H3. The Hall–Kier alpha value is -0.720. The van der Waals surface area contributed by atoms with Crippen molar-refractivity contribution in [1.29, 1.82) is 0 Å². The summed E-state index contributed by atoms with van der Waals surface area (Å²) in [4.78, 5) is 0.362. The van der Waals surface area contributed by atoms with Crippen LogP contribution in [0.1, 0.15) is 5.56 Å². The molecular formula is C11H16N2O2S2. The van der Waals surface area contributed by atoms with Crippen molar-refractivity contribution in [3.8, 4) is 0 Å². The van der Waals surface area contributed by atoms with Gasteiger partial charge >= 0.3 is 0 Å². The molecule has 0 spiro atoms. The number of anilines is 1. The fourth-order valence-corrected chi connectivity index (χ4v) is 3.33. The summed E-state index contributed by atoms with van der Waals surface area (Å²) in [5.41, 5.74) is 2.13. The normalized spacial score (nSPS) is 14.4. The molecule has 1 aromatic rings. The Morgan fingerprint density at radius 3 is 3.06 bits per heavy atom. The summed E-state index contributed by atoms with van der Waals surface area (Å²) >= 11 is 1.62. The molecule has 2 rings (SSSR count). The van der Waals surface area contributed by atoms with Gasteiger partial charge in [0.2, 0.25) is 10.0 Å². The number of fused-ring (bicyclic) bond motifs is 1. The SMILES string of the molecule is CSCCNS(=O)(=O)c1ccc2c(c1)CCN2. The van der Waals surface area contributed by atoms with Gasteiger partial charge in [0, 0.05) is 24.5 Å². The van der Waals surface area contributed by atoms with Gasteiger partial charge in [-0.15, -0.1) is 0 Å². The topological polar surface area (TPSA) is 58.2 Å². The molecule has 17 heavy (non-hydrogen) atoms. The summed E-state index contributed by atoms with van der Waals surface area (Å²) in [6.07, 6.45) is 2.85. The number of nitrogens with one attached hydrogen (secondary N) is 2. The minimum absolute atomic E-state index is 0.362. The zero-order valence-corrected chi connectivity index (χ0v) is 11.3. The lowest BCUT2D eigenvalue weighted by Crippen LogP contribution is -2.26. The highest BCUT2D eigenvalue weighted by Crippen LogP contribution is 2.24. The second-order valence-electron chi connectivity index (χ2n) is 3.89. The van der Waals surface area contributed by atoms with Crippen molar-refractivity contribution in [2.75, 3.05) is 30.4 Å². The molecule has 1 aliphatic rings. The number of rotatable bonds is 5. The first kappa shape index (κ1) is 12.7. The summed E-state index contributed by atoms with van der Waals surface area (Å²) in [5, 5.41) is 3.21. The van der Waals surface area contributed by atoms with Gasteiger partial charge < -0.3 is 5.32 Å². The van der Waals surface area contributed by atoms with Gasteiger partial charge in [0.05, 0.1) is 4.90 Å². The van der Waals surface area contributed by atoms with Crippen molar-refractivity contribution in [3.63, 3.8) is 0 Å². The third-order valence-corrected chi connectivity index (χ3v) is 4.77. The summed E-state index contributed by atoms with van der Waals surface area (Å²) in [6, 6.07) is 5.25. The Bertz CT molecular complexity index is 500. The molecule has 0 bridgehead atoms. The molecule has 4 nitrogen and oxygen atoms in total. The van der Waals surface area contributed by atoms with E-state index in [9.17, 15) is 8.42 Å². The van der Waals surface area contributed by atoms with E-state index < -0.39 is 10.0 Å². The lowest BCUT2D eigenvalue weighted by Gasteiger charge is -2.07. The summed E-state index contributed by atoms with van der Waals surface area (Å²) in [7, 11) is -3.35. The van der Waals surface area contributed by atoms with Crippen LogP contribution >= 0.6 is 11.8 Å². The first-order valence-electron chi connectivity index (χ1n) is 5.49. The summed E-state index contributed by atoms with van der Waals surface area (Å²) < 4.78 is 26.5. The van der Waals surface area contributed by atoms with Crippen molar-refractivity contribution in [2.45, 2.75) is 11.3 Å². The first-order chi connectivity index (χ1) is 8.13.